The molecule has 0 heterocycles. The Hall–Kier alpha value is -1.16. The number of hydrogen-bond acceptors (Lipinski definition) is 3. The molecule has 2 rings (SSSR count). The van der Waals surface area contributed by atoms with Crippen LogP contribution in [0, 0.1) is 0 Å². The summed E-state index contributed by atoms with van der Waals surface area (Å²) in [6.45, 7) is 4.97. The Kier molecular flexibility index (Phi) is 5.97. The van der Waals surface area contributed by atoms with Crippen molar-refractivity contribution in [3.8, 4) is 11.5 Å². The van der Waals surface area contributed by atoms with E-state index in [2.05, 4.69) is 25.4 Å². The molecule has 0 saturated heterocycles. The van der Waals surface area contributed by atoms with E-state index < -0.39 is 0 Å². The van der Waals surface area contributed by atoms with E-state index in [4.69, 9.17) is 16.3 Å². The standard InChI is InChI=1S/C17H20ClNOS/c1-12(2)19-11-13-5-4-6-16(18)17(13)20-14-7-9-15(21-3)10-8-14/h4-10,12,19H,11H2,1-3H3. The third kappa shape index (κ3) is 4.67. The van der Waals surface area contributed by atoms with Crippen LogP contribution in [0.25, 0.3) is 0 Å². The minimum atomic E-state index is 0.415. The summed E-state index contributed by atoms with van der Waals surface area (Å²) in [5.74, 6) is 1.52. The number of hydrogen-bond donors (Lipinski definition) is 1. The summed E-state index contributed by atoms with van der Waals surface area (Å²) in [4.78, 5) is 1.21. The Bertz CT molecular complexity index is 584. The molecule has 1 N–H and O–H groups in total. The van der Waals surface area contributed by atoms with Crippen molar-refractivity contribution in [1.82, 2.24) is 5.32 Å². The van der Waals surface area contributed by atoms with Gasteiger partial charge < -0.3 is 10.1 Å². The Morgan fingerprint density at radius 3 is 2.48 bits per heavy atom. The van der Waals surface area contributed by atoms with Gasteiger partial charge in [-0.15, -0.1) is 11.8 Å². The maximum Gasteiger partial charge on any atom is 0.150 e. The number of rotatable bonds is 6. The molecule has 2 nitrogen and oxygen atoms in total. The number of para-hydroxylation sites is 1. The fourth-order valence-corrected chi connectivity index (χ4v) is 2.52. The maximum atomic E-state index is 6.30. The number of ether oxygens (including phenoxy) is 1. The molecule has 0 bridgehead atoms. The predicted octanol–water partition coefficient (Wildman–Crippen LogP) is 5.35. The molecular formula is C17H20ClNOS. The zero-order valence-electron chi connectivity index (χ0n) is 12.5. The second-order valence-corrected chi connectivity index (χ2v) is 6.33. The van der Waals surface area contributed by atoms with E-state index in [1.165, 1.54) is 4.90 Å². The van der Waals surface area contributed by atoms with Gasteiger partial charge in [-0.1, -0.05) is 37.6 Å². The van der Waals surface area contributed by atoms with Crippen LogP contribution >= 0.6 is 23.4 Å². The molecule has 0 unspecified atom stereocenters. The minimum Gasteiger partial charge on any atom is -0.455 e. The molecule has 0 amide bonds. The number of halogens is 1. The molecule has 0 aromatic heterocycles. The van der Waals surface area contributed by atoms with E-state index >= 15 is 0 Å². The van der Waals surface area contributed by atoms with E-state index in [0.29, 0.717) is 11.1 Å². The van der Waals surface area contributed by atoms with Crippen LogP contribution in [0.15, 0.2) is 47.4 Å². The number of benzene rings is 2. The molecule has 0 spiro atoms. The Labute approximate surface area is 135 Å². The topological polar surface area (TPSA) is 21.3 Å². The van der Waals surface area contributed by atoms with Gasteiger partial charge in [-0.25, -0.2) is 0 Å². The van der Waals surface area contributed by atoms with Crippen molar-refractivity contribution in [3.05, 3.63) is 53.1 Å². The second-order valence-electron chi connectivity index (χ2n) is 5.04. The van der Waals surface area contributed by atoms with Crippen molar-refractivity contribution >= 4 is 23.4 Å². The molecule has 0 fully saturated rings. The maximum absolute atomic E-state index is 6.30. The first kappa shape index (κ1) is 16.2. The number of thioether (sulfide) groups is 1. The van der Waals surface area contributed by atoms with Crippen LogP contribution in [0.1, 0.15) is 19.4 Å². The zero-order chi connectivity index (χ0) is 15.2. The highest BCUT2D eigenvalue weighted by molar-refractivity contribution is 7.98. The Morgan fingerprint density at radius 2 is 1.86 bits per heavy atom. The van der Waals surface area contributed by atoms with E-state index in [9.17, 15) is 0 Å². The molecule has 2 aromatic carbocycles. The second kappa shape index (κ2) is 7.74. The van der Waals surface area contributed by atoms with Gasteiger partial charge in [0, 0.05) is 23.0 Å². The third-order valence-electron chi connectivity index (χ3n) is 3.03. The Balaban J connectivity index is 2.20. The zero-order valence-corrected chi connectivity index (χ0v) is 14.1. The van der Waals surface area contributed by atoms with Gasteiger partial charge in [0.05, 0.1) is 5.02 Å². The summed E-state index contributed by atoms with van der Waals surface area (Å²) in [7, 11) is 0. The molecule has 0 radical (unpaired) electrons. The fourth-order valence-electron chi connectivity index (χ4n) is 1.88. The summed E-state index contributed by atoms with van der Waals surface area (Å²) in [5.41, 5.74) is 1.06. The van der Waals surface area contributed by atoms with Gasteiger partial charge in [0.2, 0.25) is 0 Å². The van der Waals surface area contributed by atoms with Crippen molar-refractivity contribution in [2.24, 2.45) is 0 Å². The van der Waals surface area contributed by atoms with Gasteiger partial charge in [-0.2, -0.15) is 0 Å². The van der Waals surface area contributed by atoms with Gasteiger partial charge in [-0.05, 0) is 36.6 Å². The first-order chi connectivity index (χ1) is 10.1. The van der Waals surface area contributed by atoms with E-state index in [0.717, 1.165) is 23.6 Å². The molecule has 0 aliphatic carbocycles. The highest BCUT2D eigenvalue weighted by atomic mass is 35.5. The SMILES string of the molecule is CSc1ccc(Oc2c(Cl)cccc2CNC(C)C)cc1. The van der Waals surface area contributed by atoms with Gasteiger partial charge in [0.1, 0.15) is 11.5 Å². The number of nitrogens with one attached hydrogen (secondary N) is 1. The molecule has 0 aliphatic heterocycles. The van der Waals surface area contributed by atoms with Crippen LogP contribution < -0.4 is 10.1 Å². The lowest BCUT2D eigenvalue weighted by Crippen LogP contribution is -2.22. The summed E-state index contributed by atoms with van der Waals surface area (Å²) in [6.07, 6.45) is 2.06. The third-order valence-corrected chi connectivity index (χ3v) is 4.07. The van der Waals surface area contributed by atoms with Crippen molar-refractivity contribution in [2.45, 2.75) is 31.3 Å². The molecule has 0 saturated carbocycles. The average Bonchev–Trinajstić information content (AvgIpc) is 2.48. The lowest BCUT2D eigenvalue weighted by atomic mass is 10.2. The molecule has 21 heavy (non-hydrogen) atoms. The smallest absolute Gasteiger partial charge is 0.150 e. The highest BCUT2D eigenvalue weighted by Crippen LogP contribution is 2.33. The fraction of sp³-hybridized carbons (Fsp3) is 0.294. The van der Waals surface area contributed by atoms with Crippen molar-refractivity contribution in [1.29, 1.82) is 0 Å². The summed E-state index contributed by atoms with van der Waals surface area (Å²) in [5, 5.41) is 4.02. The van der Waals surface area contributed by atoms with Gasteiger partial charge in [-0.3, -0.25) is 0 Å². The summed E-state index contributed by atoms with van der Waals surface area (Å²) in [6, 6.07) is 14.3. The lowest BCUT2D eigenvalue weighted by Gasteiger charge is -2.15. The highest BCUT2D eigenvalue weighted by Gasteiger charge is 2.10. The first-order valence-corrected chi connectivity index (χ1v) is 8.53. The van der Waals surface area contributed by atoms with E-state index in [-0.39, 0.29) is 0 Å². The van der Waals surface area contributed by atoms with Crippen LogP contribution in [0.4, 0.5) is 0 Å². The monoisotopic (exact) mass is 321 g/mol. The summed E-state index contributed by atoms with van der Waals surface area (Å²) >= 11 is 8.01. The average molecular weight is 322 g/mol. The first-order valence-electron chi connectivity index (χ1n) is 6.93. The van der Waals surface area contributed by atoms with Crippen molar-refractivity contribution < 1.29 is 4.74 Å². The Morgan fingerprint density at radius 1 is 1.14 bits per heavy atom. The van der Waals surface area contributed by atoms with Crippen molar-refractivity contribution in [3.63, 3.8) is 0 Å². The van der Waals surface area contributed by atoms with Crippen LogP contribution in [-0.2, 0) is 6.54 Å². The molecule has 0 atom stereocenters. The normalized spacial score (nSPS) is 10.9. The molecular weight excluding hydrogens is 302 g/mol. The van der Waals surface area contributed by atoms with Gasteiger partial charge in [0.25, 0.3) is 0 Å². The van der Waals surface area contributed by atoms with Crippen LogP contribution in [0.2, 0.25) is 5.02 Å². The molecule has 4 heteroatoms. The largest absolute Gasteiger partial charge is 0.455 e. The van der Waals surface area contributed by atoms with Crippen LogP contribution in [0.5, 0.6) is 11.5 Å². The molecule has 112 valence electrons. The minimum absolute atomic E-state index is 0.415. The van der Waals surface area contributed by atoms with Crippen LogP contribution in [-0.4, -0.2) is 12.3 Å². The quantitative estimate of drug-likeness (QED) is 0.724. The van der Waals surface area contributed by atoms with Gasteiger partial charge >= 0.3 is 0 Å². The molecule has 2 aromatic rings. The van der Waals surface area contributed by atoms with Crippen molar-refractivity contribution in [2.75, 3.05) is 6.26 Å². The van der Waals surface area contributed by atoms with Gasteiger partial charge in [0.15, 0.2) is 0 Å². The van der Waals surface area contributed by atoms with E-state index in [1.807, 2.05) is 42.5 Å². The summed E-state index contributed by atoms with van der Waals surface area (Å²) < 4.78 is 5.99. The predicted molar refractivity (Wildman–Crippen MR) is 91.7 cm³/mol. The molecule has 0 aliphatic rings. The van der Waals surface area contributed by atoms with E-state index in [1.54, 1.807) is 11.8 Å². The van der Waals surface area contributed by atoms with Crippen LogP contribution in [0.3, 0.4) is 0 Å². The lowest BCUT2D eigenvalue weighted by molar-refractivity contribution is 0.469.